The Morgan fingerprint density at radius 3 is 2.37 bits per heavy atom. The van der Waals surface area contributed by atoms with Crippen LogP contribution >= 0.6 is 11.8 Å². The maximum absolute atomic E-state index is 11.9. The van der Waals surface area contributed by atoms with Crippen LogP contribution in [0.1, 0.15) is 12.5 Å². The highest BCUT2D eigenvalue weighted by Gasteiger charge is 2.03. The van der Waals surface area contributed by atoms with Crippen LogP contribution in [0.4, 0.5) is 5.69 Å². The van der Waals surface area contributed by atoms with E-state index in [1.807, 2.05) is 54.6 Å². The van der Waals surface area contributed by atoms with E-state index in [4.69, 9.17) is 0 Å². The van der Waals surface area contributed by atoms with Crippen LogP contribution in [0.25, 0.3) is 0 Å². The summed E-state index contributed by atoms with van der Waals surface area (Å²) in [7, 11) is 0. The Balaban J connectivity index is 1.91. The van der Waals surface area contributed by atoms with E-state index in [0.29, 0.717) is 6.42 Å². The molecule has 0 unspecified atom stereocenters. The van der Waals surface area contributed by atoms with Crippen LogP contribution in [0.3, 0.4) is 0 Å². The topological polar surface area (TPSA) is 29.1 Å². The van der Waals surface area contributed by atoms with Crippen LogP contribution in [0.2, 0.25) is 0 Å². The van der Waals surface area contributed by atoms with E-state index in [2.05, 4.69) is 12.2 Å². The molecule has 0 aliphatic carbocycles. The van der Waals surface area contributed by atoms with Gasteiger partial charge in [-0.15, -0.1) is 11.8 Å². The lowest BCUT2D eigenvalue weighted by Crippen LogP contribution is -2.14. The molecule has 2 aromatic rings. The maximum Gasteiger partial charge on any atom is 0.228 e. The average Bonchev–Trinajstić information content (AvgIpc) is 2.42. The first kappa shape index (κ1) is 13.7. The van der Waals surface area contributed by atoms with E-state index < -0.39 is 0 Å². The first-order valence-electron chi connectivity index (χ1n) is 6.34. The van der Waals surface area contributed by atoms with Crippen molar-refractivity contribution in [2.45, 2.75) is 18.2 Å². The van der Waals surface area contributed by atoms with Crippen molar-refractivity contribution in [3.8, 4) is 0 Å². The number of carbonyl (C=O) groups excluding carboxylic acids is 1. The Morgan fingerprint density at radius 2 is 1.74 bits per heavy atom. The zero-order valence-electron chi connectivity index (χ0n) is 10.9. The molecule has 0 aromatic heterocycles. The van der Waals surface area contributed by atoms with Gasteiger partial charge < -0.3 is 5.32 Å². The van der Waals surface area contributed by atoms with Crippen molar-refractivity contribution >= 4 is 23.4 Å². The van der Waals surface area contributed by atoms with Crippen molar-refractivity contribution in [3.63, 3.8) is 0 Å². The minimum atomic E-state index is 0.0158. The maximum atomic E-state index is 11.9. The van der Waals surface area contributed by atoms with Crippen molar-refractivity contribution in [2.24, 2.45) is 0 Å². The van der Waals surface area contributed by atoms with Crippen molar-refractivity contribution in [1.82, 2.24) is 0 Å². The smallest absolute Gasteiger partial charge is 0.228 e. The van der Waals surface area contributed by atoms with Crippen LogP contribution in [0.15, 0.2) is 59.5 Å². The van der Waals surface area contributed by atoms with Gasteiger partial charge in [-0.05, 0) is 35.6 Å². The van der Waals surface area contributed by atoms with E-state index in [-0.39, 0.29) is 5.91 Å². The second-order valence-corrected chi connectivity index (χ2v) is 5.51. The lowest BCUT2D eigenvalue weighted by atomic mass is 10.1. The molecule has 0 bridgehead atoms. The normalized spacial score (nSPS) is 10.2. The molecule has 0 aliphatic heterocycles. The summed E-state index contributed by atoms with van der Waals surface area (Å²) in [5, 5.41) is 2.91. The van der Waals surface area contributed by atoms with Crippen molar-refractivity contribution in [1.29, 1.82) is 0 Å². The second kappa shape index (κ2) is 7.00. The molecule has 0 atom stereocenters. The number of hydrogen-bond donors (Lipinski definition) is 1. The third-order valence-corrected chi connectivity index (χ3v) is 3.55. The van der Waals surface area contributed by atoms with E-state index in [1.54, 1.807) is 11.8 Å². The fourth-order valence-corrected chi connectivity index (χ4v) is 2.45. The third-order valence-electron chi connectivity index (χ3n) is 2.66. The number of nitrogens with one attached hydrogen (secondary N) is 1. The van der Waals surface area contributed by atoms with Gasteiger partial charge in [0, 0.05) is 10.6 Å². The Morgan fingerprint density at radius 1 is 1.05 bits per heavy atom. The van der Waals surface area contributed by atoms with Gasteiger partial charge in [0.05, 0.1) is 6.42 Å². The quantitative estimate of drug-likeness (QED) is 0.833. The molecule has 0 saturated heterocycles. The summed E-state index contributed by atoms with van der Waals surface area (Å²) in [5.41, 5.74) is 1.87. The van der Waals surface area contributed by atoms with Gasteiger partial charge >= 0.3 is 0 Å². The number of hydrogen-bond acceptors (Lipinski definition) is 2. The minimum Gasteiger partial charge on any atom is -0.326 e. The predicted octanol–water partition coefficient (Wildman–Crippen LogP) is 3.98. The number of anilines is 1. The molecule has 2 rings (SSSR count). The molecule has 0 saturated carbocycles. The fourth-order valence-electron chi connectivity index (χ4n) is 1.79. The van der Waals surface area contributed by atoms with Gasteiger partial charge in [0.15, 0.2) is 0 Å². The van der Waals surface area contributed by atoms with Crippen LogP contribution < -0.4 is 5.32 Å². The Hall–Kier alpha value is -1.74. The van der Waals surface area contributed by atoms with Crippen molar-refractivity contribution < 1.29 is 4.79 Å². The Kier molecular flexibility index (Phi) is 5.04. The summed E-state index contributed by atoms with van der Waals surface area (Å²) >= 11 is 1.79. The first-order chi connectivity index (χ1) is 9.28. The predicted molar refractivity (Wildman–Crippen MR) is 81.6 cm³/mol. The molecule has 98 valence electrons. The lowest BCUT2D eigenvalue weighted by Gasteiger charge is -2.06. The Bertz CT molecular complexity index is 522. The fraction of sp³-hybridized carbons (Fsp3) is 0.188. The van der Waals surface area contributed by atoms with Gasteiger partial charge in [-0.25, -0.2) is 0 Å². The molecular weight excluding hydrogens is 254 g/mol. The summed E-state index contributed by atoms with van der Waals surface area (Å²) in [4.78, 5) is 13.1. The van der Waals surface area contributed by atoms with Crippen LogP contribution in [-0.4, -0.2) is 11.7 Å². The van der Waals surface area contributed by atoms with Crippen molar-refractivity contribution in [2.75, 3.05) is 11.1 Å². The summed E-state index contributed by atoms with van der Waals surface area (Å²) in [5.74, 6) is 1.07. The zero-order chi connectivity index (χ0) is 13.5. The van der Waals surface area contributed by atoms with E-state index in [1.165, 1.54) is 4.90 Å². The summed E-state index contributed by atoms with van der Waals surface area (Å²) < 4.78 is 0. The molecule has 3 heteroatoms. The van der Waals surface area contributed by atoms with Crippen LogP contribution in [-0.2, 0) is 11.2 Å². The molecule has 0 spiro atoms. The van der Waals surface area contributed by atoms with Gasteiger partial charge in [-0.2, -0.15) is 0 Å². The highest BCUT2D eigenvalue weighted by molar-refractivity contribution is 7.99. The zero-order valence-corrected chi connectivity index (χ0v) is 11.7. The molecule has 2 nitrogen and oxygen atoms in total. The van der Waals surface area contributed by atoms with Gasteiger partial charge in [-0.1, -0.05) is 37.3 Å². The molecule has 1 N–H and O–H groups in total. The second-order valence-electron chi connectivity index (χ2n) is 4.17. The minimum absolute atomic E-state index is 0.0158. The van der Waals surface area contributed by atoms with Gasteiger partial charge in [0.1, 0.15) is 0 Å². The van der Waals surface area contributed by atoms with Gasteiger partial charge in [-0.3, -0.25) is 4.79 Å². The number of carbonyl (C=O) groups is 1. The largest absolute Gasteiger partial charge is 0.326 e. The number of amides is 1. The summed E-state index contributed by atoms with van der Waals surface area (Å²) in [6.07, 6.45) is 0.409. The molecule has 0 heterocycles. The monoisotopic (exact) mass is 271 g/mol. The standard InChI is InChI=1S/C16H17NOS/c1-2-19-15-10-8-14(9-11-15)17-16(18)12-13-6-4-3-5-7-13/h3-11H,2,12H2,1H3,(H,17,18). The van der Waals surface area contributed by atoms with Crippen LogP contribution in [0, 0.1) is 0 Å². The third kappa shape index (κ3) is 4.45. The number of benzene rings is 2. The molecular formula is C16H17NOS. The molecule has 0 fully saturated rings. The molecule has 2 aromatic carbocycles. The molecule has 0 aliphatic rings. The van der Waals surface area contributed by atoms with Crippen molar-refractivity contribution in [3.05, 3.63) is 60.2 Å². The SMILES string of the molecule is CCSc1ccc(NC(=O)Cc2ccccc2)cc1. The lowest BCUT2D eigenvalue weighted by molar-refractivity contribution is -0.115. The van der Waals surface area contributed by atoms with Gasteiger partial charge in [0.2, 0.25) is 5.91 Å². The molecule has 0 radical (unpaired) electrons. The van der Waals surface area contributed by atoms with E-state index in [0.717, 1.165) is 17.0 Å². The number of rotatable bonds is 5. The van der Waals surface area contributed by atoms with Crippen LogP contribution in [0.5, 0.6) is 0 Å². The van der Waals surface area contributed by atoms with E-state index >= 15 is 0 Å². The van der Waals surface area contributed by atoms with Gasteiger partial charge in [0.25, 0.3) is 0 Å². The molecule has 1 amide bonds. The first-order valence-corrected chi connectivity index (χ1v) is 7.33. The summed E-state index contributed by atoms with van der Waals surface area (Å²) in [6.45, 7) is 2.13. The highest BCUT2D eigenvalue weighted by Crippen LogP contribution is 2.19. The highest BCUT2D eigenvalue weighted by atomic mass is 32.2. The van der Waals surface area contributed by atoms with E-state index in [9.17, 15) is 4.79 Å². The molecule has 19 heavy (non-hydrogen) atoms. The Labute approximate surface area is 118 Å². The summed E-state index contributed by atoms with van der Waals surface area (Å²) in [6, 6.07) is 17.7. The average molecular weight is 271 g/mol. The number of thioether (sulfide) groups is 1.